The third-order valence-corrected chi connectivity index (χ3v) is 1.00. The summed E-state index contributed by atoms with van der Waals surface area (Å²) in [6.45, 7) is 3.90. The molecule has 0 aliphatic rings. The third-order valence-electron chi connectivity index (χ3n) is 1.00. The summed E-state index contributed by atoms with van der Waals surface area (Å²) in [6.07, 6.45) is 1.91. The molecule has 0 saturated heterocycles. The van der Waals surface area contributed by atoms with Gasteiger partial charge in [-0.1, -0.05) is 13.8 Å². The Balaban J connectivity index is 3.81. The number of carboxylic acid groups (broad SMARTS) is 1. The first-order valence-corrected chi connectivity index (χ1v) is 3.16. The highest BCUT2D eigenvalue weighted by atomic mass is 16.4. The largest absolute Gasteiger partial charge is 0.502 e. The van der Waals surface area contributed by atoms with E-state index in [0.717, 1.165) is 0 Å². The first kappa shape index (κ1) is 9.01. The molecule has 0 aliphatic heterocycles. The number of allylic oxidation sites excluding steroid dienone is 1. The summed E-state index contributed by atoms with van der Waals surface area (Å²) in [6, 6.07) is 0. The zero-order valence-electron chi connectivity index (χ0n) is 6.16. The first-order valence-electron chi connectivity index (χ1n) is 3.16. The van der Waals surface area contributed by atoms with E-state index in [0.29, 0.717) is 12.3 Å². The van der Waals surface area contributed by atoms with E-state index in [1.165, 1.54) is 6.08 Å². The van der Waals surface area contributed by atoms with Crippen LogP contribution in [0.1, 0.15) is 20.3 Å². The molecule has 3 nitrogen and oxygen atoms in total. The number of carbonyl (C=O) groups is 1. The van der Waals surface area contributed by atoms with Crippen molar-refractivity contribution in [3.05, 3.63) is 11.8 Å². The van der Waals surface area contributed by atoms with Crippen LogP contribution >= 0.6 is 0 Å². The van der Waals surface area contributed by atoms with Gasteiger partial charge in [0.1, 0.15) is 0 Å². The standard InChI is InChI=1S/C7H12O3/c1-5(2)3-4-6(8)7(9)10/h4-5,8H,3H2,1-2H3,(H,9,10). The quantitative estimate of drug-likeness (QED) is 0.466. The maximum absolute atomic E-state index is 9.99. The van der Waals surface area contributed by atoms with E-state index in [4.69, 9.17) is 10.2 Å². The van der Waals surface area contributed by atoms with Gasteiger partial charge in [-0.25, -0.2) is 4.79 Å². The van der Waals surface area contributed by atoms with Gasteiger partial charge in [-0.05, 0) is 18.4 Å². The lowest BCUT2D eigenvalue weighted by Crippen LogP contribution is -1.99. The molecule has 0 aromatic rings. The predicted molar refractivity (Wildman–Crippen MR) is 37.8 cm³/mol. The number of carboxylic acids is 1. The van der Waals surface area contributed by atoms with Gasteiger partial charge in [-0.15, -0.1) is 0 Å². The van der Waals surface area contributed by atoms with Crippen LogP contribution in [-0.2, 0) is 4.79 Å². The molecular formula is C7H12O3. The molecule has 0 aliphatic carbocycles. The van der Waals surface area contributed by atoms with Crippen LogP contribution in [0.25, 0.3) is 0 Å². The summed E-state index contributed by atoms with van der Waals surface area (Å²) in [5.74, 6) is -1.45. The van der Waals surface area contributed by atoms with Crippen molar-refractivity contribution in [2.45, 2.75) is 20.3 Å². The summed E-state index contributed by atoms with van der Waals surface area (Å²) in [5.41, 5.74) is 0. The molecule has 0 aromatic carbocycles. The molecule has 0 unspecified atom stereocenters. The van der Waals surface area contributed by atoms with Gasteiger partial charge in [0.05, 0.1) is 0 Å². The van der Waals surface area contributed by atoms with E-state index in [9.17, 15) is 4.79 Å². The van der Waals surface area contributed by atoms with Crippen molar-refractivity contribution in [3.63, 3.8) is 0 Å². The Morgan fingerprint density at radius 1 is 1.50 bits per heavy atom. The maximum atomic E-state index is 9.99. The molecule has 0 bridgehead atoms. The van der Waals surface area contributed by atoms with Crippen LogP contribution < -0.4 is 0 Å². The SMILES string of the molecule is CC(C)CC=C(O)C(=O)O. The van der Waals surface area contributed by atoms with Crippen LogP contribution in [0.4, 0.5) is 0 Å². The molecule has 2 N–H and O–H groups in total. The smallest absolute Gasteiger partial charge is 0.370 e. The summed E-state index contributed by atoms with van der Waals surface area (Å²) >= 11 is 0. The lowest BCUT2D eigenvalue weighted by atomic mass is 10.1. The molecule has 0 saturated carbocycles. The topological polar surface area (TPSA) is 57.5 Å². The number of hydrogen-bond donors (Lipinski definition) is 2. The molecule has 58 valence electrons. The highest BCUT2D eigenvalue weighted by Crippen LogP contribution is 2.02. The zero-order chi connectivity index (χ0) is 8.15. The highest BCUT2D eigenvalue weighted by Gasteiger charge is 2.02. The molecule has 0 heterocycles. The number of aliphatic carboxylic acids is 1. The van der Waals surface area contributed by atoms with Gasteiger partial charge >= 0.3 is 5.97 Å². The van der Waals surface area contributed by atoms with E-state index in [1.807, 2.05) is 13.8 Å². The van der Waals surface area contributed by atoms with E-state index in [1.54, 1.807) is 0 Å². The minimum absolute atomic E-state index is 0.376. The van der Waals surface area contributed by atoms with E-state index >= 15 is 0 Å². The second kappa shape index (κ2) is 3.93. The second-order valence-corrected chi connectivity index (χ2v) is 2.52. The Morgan fingerprint density at radius 2 is 2.00 bits per heavy atom. The monoisotopic (exact) mass is 144 g/mol. The predicted octanol–water partition coefficient (Wildman–Crippen LogP) is 1.56. The van der Waals surface area contributed by atoms with Crippen molar-refractivity contribution < 1.29 is 15.0 Å². The molecular weight excluding hydrogens is 132 g/mol. The lowest BCUT2D eigenvalue weighted by Gasteiger charge is -1.96. The van der Waals surface area contributed by atoms with Gasteiger partial charge in [-0.3, -0.25) is 0 Å². The third kappa shape index (κ3) is 3.95. The Hall–Kier alpha value is -0.990. The summed E-state index contributed by atoms with van der Waals surface area (Å²) in [5, 5.41) is 16.8. The Labute approximate surface area is 60.0 Å². The van der Waals surface area contributed by atoms with Gasteiger partial charge in [0.25, 0.3) is 0 Å². The van der Waals surface area contributed by atoms with Crippen LogP contribution in [0.5, 0.6) is 0 Å². The zero-order valence-corrected chi connectivity index (χ0v) is 6.16. The van der Waals surface area contributed by atoms with Crippen molar-refractivity contribution in [1.29, 1.82) is 0 Å². The summed E-state index contributed by atoms with van der Waals surface area (Å²) < 4.78 is 0. The fourth-order valence-electron chi connectivity index (χ4n) is 0.435. The Bertz CT molecular complexity index is 147. The van der Waals surface area contributed by atoms with Gasteiger partial charge in [0, 0.05) is 0 Å². The Morgan fingerprint density at radius 3 is 2.30 bits per heavy atom. The maximum Gasteiger partial charge on any atom is 0.370 e. The van der Waals surface area contributed by atoms with Crippen LogP contribution in [0, 0.1) is 5.92 Å². The average Bonchev–Trinajstić information content (AvgIpc) is 1.82. The number of hydrogen-bond acceptors (Lipinski definition) is 2. The fourth-order valence-corrected chi connectivity index (χ4v) is 0.435. The minimum Gasteiger partial charge on any atom is -0.502 e. The van der Waals surface area contributed by atoms with Gasteiger partial charge in [-0.2, -0.15) is 0 Å². The van der Waals surface area contributed by atoms with Gasteiger partial charge in [0.2, 0.25) is 0 Å². The van der Waals surface area contributed by atoms with Crippen molar-refractivity contribution >= 4 is 5.97 Å². The van der Waals surface area contributed by atoms with Crippen molar-refractivity contribution in [2.75, 3.05) is 0 Å². The van der Waals surface area contributed by atoms with E-state index in [2.05, 4.69) is 0 Å². The second-order valence-electron chi connectivity index (χ2n) is 2.52. The highest BCUT2D eigenvalue weighted by molar-refractivity contribution is 5.83. The van der Waals surface area contributed by atoms with E-state index in [-0.39, 0.29) is 0 Å². The number of rotatable bonds is 3. The molecule has 0 rings (SSSR count). The molecule has 10 heavy (non-hydrogen) atoms. The number of aliphatic hydroxyl groups is 1. The van der Waals surface area contributed by atoms with Crippen LogP contribution in [0.3, 0.4) is 0 Å². The molecule has 3 heteroatoms. The molecule has 0 radical (unpaired) electrons. The summed E-state index contributed by atoms with van der Waals surface area (Å²) in [7, 11) is 0. The van der Waals surface area contributed by atoms with Crippen molar-refractivity contribution in [3.8, 4) is 0 Å². The molecule has 0 aromatic heterocycles. The van der Waals surface area contributed by atoms with Gasteiger partial charge < -0.3 is 10.2 Å². The average molecular weight is 144 g/mol. The molecule has 0 fully saturated rings. The van der Waals surface area contributed by atoms with E-state index < -0.39 is 11.7 Å². The minimum atomic E-state index is -1.26. The molecule has 0 atom stereocenters. The van der Waals surface area contributed by atoms with Crippen molar-refractivity contribution in [2.24, 2.45) is 5.92 Å². The fraction of sp³-hybridized carbons (Fsp3) is 0.571. The molecule has 0 spiro atoms. The molecule has 0 amide bonds. The van der Waals surface area contributed by atoms with Crippen LogP contribution in [0.15, 0.2) is 11.8 Å². The van der Waals surface area contributed by atoms with Crippen LogP contribution in [0.2, 0.25) is 0 Å². The normalized spacial score (nSPS) is 12.1. The Kier molecular flexibility index (Phi) is 3.54. The first-order chi connectivity index (χ1) is 4.54. The van der Waals surface area contributed by atoms with Gasteiger partial charge in [0.15, 0.2) is 5.76 Å². The summed E-state index contributed by atoms with van der Waals surface area (Å²) in [4.78, 5) is 9.99. The lowest BCUT2D eigenvalue weighted by molar-refractivity contribution is -0.135. The van der Waals surface area contributed by atoms with Crippen molar-refractivity contribution in [1.82, 2.24) is 0 Å². The number of aliphatic hydroxyl groups excluding tert-OH is 1. The van der Waals surface area contributed by atoms with Crippen LogP contribution in [-0.4, -0.2) is 16.2 Å².